The molecule has 0 unspecified atom stereocenters. The molecular weight excluding hydrogens is 478 g/mol. The van der Waals surface area contributed by atoms with Gasteiger partial charge in [0, 0.05) is 5.69 Å². The lowest BCUT2D eigenvalue weighted by Crippen LogP contribution is -2.38. The highest BCUT2D eigenvalue weighted by Crippen LogP contribution is 2.21. The van der Waals surface area contributed by atoms with E-state index in [1.165, 1.54) is 5.39 Å². The zero-order valence-electron chi connectivity index (χ0n) is 20.9. The summed E-state index contributed by atoms with van der Waals surface area (Å²) in [5.41, 5.74) is 3.54. The van der Waals surface area contributed by atoms with Gasteiger partial charge in [0.15, 0.2) is 0 Å². The van der Waals surface area contributed by atoms with Gasteiger partial charge < -0.3 is 15.4 Å². The number of carbonyl (C=O) groups excluding carboxylic acids is 3. The molecule has 0 saturated carbocycles. The summed E-state index contributed by atoms with van der Waals surface area (Å²) in [5, 5.41) is 7.69. The summed E-state index contributed by atoms with van der Waals surface area (Å²) in [4.78, 5) is 38.7. The maximum absolute atomic E-state index is 12.8. The number of ether oxygens (including phenoxy) is 1. The molecule has 1 fully saturated rings. The van der Waals surface area contributed by atoms with Crippen LogP contribution in [0, 0.1) is 0 Å². The van der Waals surface area contributed by atoms with Crippen molar-refractivity contribution in [2.75, 3.05) is 11.9 Å². The quantitative estimate of drug-likeness (QED) is 0.244. The lowest BCUT2D eigenvalue weighted by molar-refractivity contribution is -0.127. The highest BCUT2D eigenvalue weighted by molar-refractivity contribution is 6.16. The third-order valence-electron chi connectivity index (χ3n) is 6.35. The molecule has 0 atom stereocenters. The maximum atomic E-state index is 12.8. The first-order valence-electron chi connectivity index (χ1n) is 12.4. The molecule has 38 heavy (non-hydrogen) atoms. The molecule has 0 aromatic heterocycles. The van der Waals surface area contributed by atoms with Gasteiger partial charge in [-0.15, -0.1) is 0 Å². The summed E-state index contributed by atoms with van der Waals surface area (Å²) in [6, 6.07) is 28.4. The van der Waals surface area contributed by atoms with Gasteiger partial charge in [-0.3, -0.25) is 9.59 Å². The van der Waals surface area contributed by atoms with E-state index in [1.807, 2.05) is 55.5 Å². The van der Waals surface area contributed by atoms with E-state index in [9.17, 15) is 14.4 Å². The number of hydrogen-bond donors (Lipinski definition) is 2. The van der Waals surface area contributed by atoms with Crippen LogP contribution in [0.5, 0.6) is 5.75 Å². The summed E-state index contributed by atoms with van der Waals surface area (Å²) in [7, 11) is 0. The predicted molar refractivity (Wildman–Crippen MR) is 147 cm³/mol. The van der Waals surface area contributed by atoms with Crippen LogP contribution >= 0.6 is 0 Å². The van der Waals surface area contributed by atoms with Crippen molar-refractivity contribution in [3.63, 3.8) is 0 Å². The Morgan fingerprint density at radius 3 is 2.45 bits per heavy atom. The highest BCUT2D eigenvalue weighted by atomic mass is 16.5. The normalized spacial score (nSPS) is 14.1. The lowest BCUT2D eigenvalue weighted by Gasteiger charge is -2.13. The fourth-order valence-corrected chi connectivity index (χ4v) is 4.32. The molecule has 0 aliphatic carbocycles. The van der Waals surface area contributed by atoms with Gasteiger partial charge in [-0.1, -0.05) is 73.7 Å². The van der Waals surface area contributed by atoms with Crippen molar-refractivity contribution in [1.82, 2.24) is 10.2 Å². The van der Waals surface area contributed by atoms with E-state index in [4.69, 9.17) is 4.74 Å². The second-order valence-corrected chi connectivity index (χ2v) is 8.98. The molecule has 5 rings (SSSR count). The van der Waals surface area contributed by atoms with E-state index in [-0.39, 0.29) is 12.2 Å². The smallest absolute Gasteiger partial charge is 0.329 e. The molecule has 1 heterocycles. The number of rotatable bonds is 8. The first-order valence-corrected chi connectivity index (χ1v) is 12.4. The summed E-state index contributed by atoms with van der Waals surface area (Å²) >= 11 is 0. The highest BCUT2D eigenvalue weighted by Gasteiger charge is 2.35. The third kappa shape index (κ3) is 5.57. The zero-order valence-corrected chi connectivity index (χ0v) is 20.9. The predicted octanol–water partition coefficient (Wildman–Crippen LogP) is 5.51. The van der Waals surface area contributed by atoms with Crippen LogP contribution in [0.25, 0.3) is 16.8 Å². The number of imide groups is 1. The maximum Gasteiger partial charge on any atom is 0.329 e. The van der Waals surface area contributed by atoms with Gasteiger partial charge in [-0.2, -0.15) is 0 Å². The Morgan fingerprint density at radius 1 is 0.921 bits per heavy atom. The first kappa shape index (κ1) is 24.8. The average Bonchev–Trinajstić information content (AvgIpc) is 3.20. The number of benzene rings is 4. The fourth-order valence-electron chi connectivity index (χ4n) is 4.32. The van der Waals surface area contributed by atoms with Crippen LogP contribution in [0.4, 0.5) is 10.5 Å². The van der Waals surface area contributed by atoms with Crippen molar-refractivity contribution in [2.24, 2.45) is 0 Å². The summed E-state index contributed by atoms with van der Waals surface area (Å²) in [5.74, 6) is -0.304. The number of fused-ring (bicyclic) bond motifs is 1. The van der Waals surface area contributed by atoms with E-state index in [2.05, 4.69) is 34.9 Å². The van der Waals surface area contributed by atoms with Crippen LogP contribution in [0.3, 0.4) is 0 Å². The van der Waals surface area contributed by atoms with Gasteiger partial charge in [-0.25, -0.2) is 9.69 Å². The van der Waals surface area contributed by atoms with Gasteiger partial charge in [0.1, 0.15) is 24.6 Å². The molecule has 4 aromatic carbocycles. The van der Waals surface area contributed by atoms with Crippen molar-refractivity contribution < 1.29 is 19.1 Å². The number of nitrogens with one attached hydrogen (secondary N) is 2. The minimum absolute atomic E-state index is 0.113. The molecule has 7 heteroatoms. The minimum atomic E-state index is -0.629. The summed E-state index contributed by atoms with van der Waals surface area (Å²) < 4.78 is 5.92. The van der Waals surface area contributed by atoms with Crippen LogP contribution in [-0.4, -0.2) is 29.3 Å². The average molecular weight is 506 g/mol. The van der Waals surface area contributed by atoms with Gasteiger partial charge in [-0.05, 0) is 64.2 Å². The van der Waals surface area contributed by atoms with Crippen LogP contribution in [0.2, 0.25) is 0 Å². The first-order chi connectivity index (χ1) is 18.5. The van der Waals surface area contributed by atoms with Crippen molar-refractivity contribution in [2.45, 2.75) is 20.0 Å². The van der Waals surface area contributed by atoms with E-state index in [0.717, 1.165) is 33.4 Å². The molecule has 1 saturated heterocycles. The Hall–Kier alpha value is -4.91. The molecule has 190 valence electrons. The van der Waals surface area contributed by atoms with Gasteiger partial charge in [0.25, 0.3) is 5.91 Å². The van der Waals surface area contributed by atoms with Gasteiger partial charge in [0.2, 0.25) is 5.91 Å². The fraction of sp³-hybridized carbons (Fsp3) is 0.129. The Morgan fingerprint density at radius 2 is 1.66 bits per heavy atom. The molecular formula is C31H27N3O4. The van der Waals surface area contributed by atoms with Crippen molar-refractivity contribution >= 4 is 40.4 Å². The second-order valence-electron chi connectivity index (χ2n) is 8.98. The summed E-state index contributed by atoms with van der Waals surface area (Å²) in [6.07, 6.45) is 2.33. The van der Waals surface area contributed by atoms with Crippen LogP contribution in [0.1, 0.15) is 23.6 Å². The topological polar surface area (TPSA) is 87.7 Å². The van der Waals surface area contributed by atoms with E-state index < -0.39 is 17.8 Å². The van der Waals surface area contributed by atoms with Crippen molar-refractivity contribution in [3.05, 3.63) is 113 Å². The zero-order chi connectivity index (χ0) is 26.5. The van der Waals surface area contributed by atoms with Gasteiger partial charge >= 0.3 is 6.03 Å². The lowest BCUT2D eigenvalue weighted by atomic mass is 10.1. The molecule has 4 amide bonds. The van der Waals surface area contributed by atoms with Crippen molar-refractivity contribution in [1.29, 1.82) is 0 Å². The minimum Gasteiger partial charge on any atom is -0.489 e. The molecule has 1 aliphatic rings. The van der Waals surface area contributed by atoms with Crippen LogP contribution in [-0.2, 0) is 22.6 Å². The Labute approximate surface area is 220 Å². The Kier molecular flexibility index (Phi) is 7.17. The number of carbonyl (C=O) groups is 3. The van der Waals surface area contributed by atoms with Crippen LogP contribution in [0.15, 0.2) is 96.7 Å². The number of hydrogen-bond acceptors (Lipinski definition) is 4. The largest absolute Gasteiger partial charge is 0.489 e. The van der Waals surface area contributed by atoms with Gasteiger partial charge in [0.05, 0.1) is 0 Å². The van der Waals surface area contributed by atoms with Crippen LogP contribution < -0.4 is 15.4 Å². The molecule has 1 aliphatic heterocycles. The molecule has 2 N–H and O–H groups in total. The molecule has 0 radical (unpaired) electrons. The summed E-state index contributed by atoms with van der Waals surface area (Å²) in [6.45, 7) is 2.05. The number of anilines is 1. The number of para-hydroxylation sites is 1. The second kappa shape index (κ2) is 11.0. The number of amides is 4. The van der Waals surface area contributed by atoms with Crippen molar-refractivity contribution in [3.8, 4) is 5.75 Å². The number of nitrogens with zero attached hydrogens (tertiary/aromatic N) is 1. The Balaban J connectivity index is 1.19. The number of aryl methyl sites for hydroxylation is 1. The molecule has 0 spiro atoms. The van der Waals surface area contributed by atoms with E-state index in [1.54, 1.807) is 24.3 Å². The van der Waals surface area contributed by atoms with E-state index >= 15 is 0 Å². The monoisotopic (exact) mass is 505 g/mol. The molecule has 4 aromatic rings. The molecule has 7 nitrogen and oxygen atoms in total. The standard InChI is InChI=1S/C31H27N3O4/c1-2-23-7-5-6-10-27(23)32-29(35)19-34-30(36)28(33-31(34)37)18-21-12-15-26(16-13-21)38-20-22-11-14-24-8-3-4-9-25(24)17-22/h3-18H,2,19-20H2,1H3,(H,32,35)(H,33,37)/b28-18+. The molecule has 0 bridgehead atoms. The number of urea groups is 1. The van der Waals surface area contributed by atoms with E-state index in [0.29, 0.717) is 18.0 Å². The Bertz CT molecular complexity index is 1540. The third-order valence-corrected chi connectivity index (χ3v) is 6.35. The SMILES string of the molecule is CCc1ccccc1NC(=O)CN1C(=O)N/C(=C/c2ccc(OCc3ccc4ccccc4c3)cc2)C1=O.